The Bertz CT molecular complexity index is 542. The number of hydrogen-bond donors (Lipinski definition) is 2. The van der Waals surface area contributed by atoms with Gasteiger partial charge in [-0.1, -0.05) is 24.9 Å². The molecule has 1 heterocycles. The van der Waals surface area contributed by atoms with Gasteiger partial charge in [0.25, 0.3) is 5.91 Å². The Morgan fingerprint density at radius 2 is 2.14 bits per heavy atom. The van der Waals surface area contributed by atoms with Gasteiger partial charge in [-0.25, -0.2) is 4.79 Å². The SMILES string of the molecule is CCC1CCN(C(=O)c2cc(N)cc(Cl)c2)C(C(=O)O)C1. The van der Waals surface area contributed by atoms with E-state index in [0.29, 0.717) is 35.2 Å². The zero-order chi connectivity index (χ0) is 15.6. The normalized spacial score (nSPS) is 22.1. The van der Waals surface area contributed by atoms with Crippen LogP contribution in [-0.2, 0) is 4.79 Å². The Balaban J connectivity index is 2.26. The highest BCUT2D eigenvalue weighted by Crippen LogP contribution is 2.28. The second kappa shape index (κ2) is 6.35. The van der Waals surface area contributed by atoms with Crippen molar-refractivity contribution in [2.45, 2.75) is 32.2 Å². The number of hydrogen-bond acceptors (Lipinski definition) is 3. The second-order valence-corrected chi connectivity index (χ2v) is 5.86. The molecule has 1 amide bonds. The lowest BCUT2D eigenvalue weighted by atomic mass is 9.88. The number of amides is 1. The van der Waals surface area contributed by atoms with E-state index in [-0.39, 0.29) is 5.91 Å². The van der Waals surface area contributed by atoms with Crippen LogP contribution in [0.4, 0.5) is 5.69 Å². The van der Waals surface area contributed by atoms with Gasteiger partial charge in [0.15, 0.2) is 0 Å². The lowest BCUT2D eigenvalue weighted by Crippen LogP contribution is -2.50. The summed E-state index contributed by atoms with van der Waals surface area (Å²) in [6.45, 7) is 2.49. The van der Waals surface area contributed by atoms with Gasteiger partial charge in [0, 0.05) is 22.8 Å². The molecule has 0 spiro atoms. The molecule has 1 aliphatic rings. The van der Waals surface area contributed by atoms with Crippen LogP contribution in [0.1, 0.15) is 36.5 Å². The van der Waals surface area contributed by atoms with Gasteiger partial charge in [-0.05, 0) is 37.0 Å². The van der Waals surface area contributed by atoms with E-state index in [1.165, 1.54) is 17.0 Å². The molecule has 114 valence electrons. The van der Waals surface area contributed by atoms with Gasteiger partial charge in [0.1, 0.15) is 6.04 Å². The molecule has 1 saturated heterocycles. The molecule has 5 nitrogen and oxygen atoms in total. The number of benzene rings is 1. The molecular formula is C15H19ClN2O3. The first-order valence-electron chi connectivity index (χ1n) is 7.02. The monoisotopic (exact) mass is 310 g/mol. The lowest BCUT2D eigenvalue weighted by molar-refractivity contribution is -0.144. The molecule has 0 aliphatic carbocycles. The molecule has 1 aliphatic heterocycles. The third-order valence-electron chi connectivity index (χ3n) is 4.00. The van der Waals surface area contributed by atoms with Crippen molar-refractivity contribution in [3.8, 4) is 0 Å². The maximum Gasteiger partial charge on any atom is 0.326 e. The van der Waals surface area contributed by atoms with Crippen LogP contribution < -0.4 is 5.73 Å². The summed E-state index contributed by atoms with van der Waals surface area (Å²) in [7, 11) is 0. The highest BCUT2D eigenvalue weighted by molar-refractivity contribution is 6.31. The number of carboxylic acid groups (broad SMARTS) is 1. The average molecular weight is 311 g/mol. The summed E-state index contributed by atoms with van der Waals surface area (Å²) in [4.78, 5) is 25.4. The number of rotatable bonds is 3. The Hall–Kier alpha value is -1.75. The number of aliphatic carboxylic acids is 1. The maximum atomic E-state index is 12.6. The van der Waals surface area contributed by atoms with Crippen molar-refractivity contribution in [3.05, 3.63) is 28.8 Å². The summed E-state index contributed by atoms with van der Waals surface area (Å²) in [5.74, 6) is -0.942. The van der Waals surface area contributed by atoms with Crippen LogP contribution in [-0.4, -0.2) is 34.5 Å². The average Bonchev–Trinajstić information content (AvgIpc) is 2.44. The number of carbonyl (C=O) groups excluding carboxylic acids is 1. The molecule has 1 aromatic carbocycles. The number of nitrogen functional groups attached to an aromatic ring is 1. The fourth-order valence-corrected chi connectivity index (χ4v) is 3.03. The number of anilines is 1. The van der Waals surface area contributed by atoms with Crippen LogP contribution in [0, 0.1) is 5.92 Å². The first-order chi connectivity index (χ1) is 9.92. The van der Waals surface area contributed by atoms with Gasteiger partial charge >= 0.3 is 5.97 Å². The maximum absolute atomic E-state index is 12.6. The fourth-order valence-electron chi connectivity index (χ4n) is 2.79. The molecule has 1 fully saturated rings. The summed E-state index contributed by atoms with van der Waals surface area (Å²) in [5, 5.41) is 9.75. The predicted octanol–water partition coefficient (Wildman–Crippen LogP) is 2.64. The molecule has 1 aromatic rings. The molecule has 0 radical (unpaired) electrons. The van der Waals surface area contributed by atoms with Crippen molar-refractivity contribution in [2.24, 2.45) is 5.92 Å². The number of likely N-dealkylation sites (tertiary alicyclic amines) is 1. The minimum absolute atomic E-state index is 0.328. The van der Waals surface area contributed by atoms with Crippen molar-refractivity contribution in [3.63, 3.8) is 0 Å². The third kappa shape index (κ3) is 3.47. The van der Waals surface area contributed by atoms with Gasteiger partial charge in [0.2, 0.25) is 0 Å². The quantitative estimate of drug-likeness (QED) is 0.841. The Morgan fingerprint density at radius 3 is 2.71 bits per heavy atom. The first-order valence-corrected chi connectivity index (χ1v) is 7.40. The zero-order valence-corrected chi connectivity index (χ0v) is 12.6. The molecule has 0 bridgehead atoms. The number of carbonyl (C=O) groups is 2. The van der Waals surface area contributed by atoms with Gasteiger partial charge in [-0.15, -0.1) is 0 Å². The standard InChI is InChI=1S/C15H19ClN2O3/c1-2-9-3-4-18(13(5-9)15(20)21)14(19)10-6-11(16)8-12(17)7-10/h6-9,13H,2-5,17H2,1H3,(H,20,21). The number of carboxylic acids is 1. The van der Waals surface area contributed by atoms with Crippen molar-refractivity contribution in [1.82, 2.24) is 4.90 Å². The molecule has 3 N–H and O–H groups in total. The summed E-state index contributed by atoms with van der Waals surface area (Å²) in [6.07, 6.45) is 2.24. The first kappa shape index (κ1) is 15.6. The van der Waals surface area contributed by atoms with E-state index < -0.39 is 12.0 Å². The van der Waals surface area contributed by atoms with Crippen LogP contribution in [0.25, 0.3) is 0 Å². The summed E-state index contributed by atoms with van der Waals surface area (Å²) in [5.41, 5.74) is 6.42. The van der Waals surface area contributed by atoms with Gasteiger partial charge < -0.3 is 15.7 Å². The van der Waals surface area contributed by atoms with Crippen LogP contribution >= 0.6 is 11.6 Å². The predicted molar refractivity (Wildman–Crippen MR) is 81.3 cm³/mol. The van der Waals surface area contributed by atoms with E-state index in [9.17, 15) is 14.7 Å². The molecule has 2 rings (SSSR count). The lowest BCUT2D eigenvalue weighted by Gasteiger charge is -2.37. The highest BCUT2D eigenvalue weighted by atomic mass is 35.5. The van der Waals surface area contributed by atoms with Crippen LogP contribution in [0.5, 0.6) is 0 Å². The Kier molecular flexibility index (Phi) is 4.73. The fraction of sp³-hybridized carbons (Fsp3) is 0.467. The van der Waals surface area contributed by atoms with Crippen LogP contribution in [0.2, 0.25) is 5.02 Å². The minimum atomic E-state index is -0.962. The van der Waals surface area contributed by atoms with E-state index in [1.54, 1.807) is 6.07 Å². The Labute approximate surface area is 128 Å². The Morgan fingerprint density at radius 1 is 1.43 bits per heavy atom. The summed E-state index contributed by atoms with van der Waals surface area (Å²) in [6, 6.07) is 3.82. The smallest absolute Gasteiger partial charge is 0.326 e. The molecule has 6 heteroatoms. The van der Waals surface area contributed by atoms with Crippen LogP contribution in [0.15, 0.2) is 18.2 Å². The van der Waals surface area contributed by atoms with Crippen molar-refractivity contribution in [1.29, 1.82) is 0 Å². The van der Waals surface area contributed by atoms with Crippen LogP contribution in [0.3, 0.4) is 0 Å². The number of nitrogens with zero attached hydrogens (tertiary/aromatic N) is 1. The van der Waals surface area contributed by atoms with Crippen molar-refractivity contribution < 1.29 is 14.7 Å². The molecule has 2 atom stereocenters. The number of nitrogens with two attached hydrogens (primary N) is 1. The minimum Gasteiger partial charge on any atom is -0.480 e. The van der Waals surface area contributed by atoms with Gasteiger partial charge in [-0.2, -0.15) is 0 Å². The van der Waals surface area contributed by atoms with Gasteiger partial charge in [-0.3, -0.25) is 4.79 Å². The topological polar surface area (TPSA) is 83.6 Å². The summed E-state index contributed by atoms with van der Waals surface area (Å²) < 4.78 is 0. The molecule has 0 saturated carbocycles. The van der Waals surface area contributed by atoms with Crippen molar-refractivity contribution in [2.75, 3.05) is 12.3 Å². The summed E-state index contributed by atoms with van der Waals surface area (Å²) >= 11 is 5.91. The largest absolute Gasteiger partial charge is 0.480 e. The third-order valence-corrected chi connectivity index (χ3v) is 4.22. The van der Waals surface area contributed by atoms with Crippen molar-refractivity contribution >= 4 is 29.2 Å². The molecular weight excluding hydrogens is 292 g/mol. The molecule has 0 aromatic heterocycles. The van der Waals surface area contributed by atoms with E-state index in [4.69, 9.17) is 17.3 Å². The number of piperidine rings is 1. The zero-order valence-electron chi connectivity index (χ0n) is 11.9. The van der Waals surface area contributed by atoms with E-state index >= 15 is 0 Å². The molecule has 21 heavy (non-hydrogen) atoms. The van der Waals surface area contributed by atoms with E-state index in [2.05, 4.69) is 0 Å². The second-order valence-electron chi connectivity index (χ2n) is 5.42. The highest BCUT2D eigenvalue weighted by Gasteiger charge is 2.36. The number of halogens is 1. The molecule has 2 unspecified atom stereocenters. The van der Waals surface area contributed by atoms with E-state index in [1.807, 2.05) is 6.92 Å². The van der Waals surface area contributed by atoms with Gasteiger partial charge in [0.05, 0.1) is 0 Å². The van der Waals surface area contributed by atoms with E-state index in [0.717, 1.165) is 12.8 Å².